The summed E-state index contributed by atoms with van der Waals surface area (Å²) in [6.45, 7) is 3.30. The van der Waals surface area contributed by atoms with E-state index in [-0.39, 0.29) is 0 Å². The highest BCUT2D eigenvalue weighted by atomic mass is 79.9. The smallest absolute Gasteiger partial charge is 0.106 e. The molecule has 0 aromatic heterocycles. The number of hydrogen-bond donors (Lipinski definition) is 1. The monoisotopic (exact) mass is 330 g/mol. The van der Waals surface area contributed by atoms with E-state index in [4.69, 9.17) is 18.0 Å². The van der Waals surface area contributed by atoms with Crippen LogP contribution in [0.3, 0.4) is 0 Å². The highest BCUT2D eigenvalue weighted by molar-refractivity contribution is 9.10. The Morgan fingerprint density at radius 3 is 3.00 bits per heavy atom. The van der Waals surface area contributed by atoms with Crippen LogP contribution in [0, 0.1) is 0 Å². The lowest BCUT2D eigenvalue weighted by atomic mass is 10.1. The van der Waals surface area contributed by atoms with E-state index in [9.17, 15) is 0 Å². The van der Waals surface area contributed by atoms with Gasteiger partial charge in [0.2, 0.25) is 0 Å². The molecule has 1 unspecified atom stereocenters. The molecule has 2 N–H and O–H groups in total. The summed E-state index contributed by atoms with van der Waals surface area (Å²) < 4.78 is 1.07. The minimum absolute atomic E-state index is 0.470. The van der Waals surface area contributed by atoms with Gasteiger partial charge in [-0.3, -0.25) is 0 Å². The van der Waals surface area contributed by atoms with E-state index in [2.05, 4.69) is 33.8 Å². The normalized spacial score (nSPS) is 20.4. The Kier molecular flexibility index (Phi) is 4.33. The van der Waals surface area contributed by atoms with Gasteiger partial charge in [0.25, 0.3) is 0 Å². The molecule has 1 heterocycles. The highest BCUT2D eigenvalue weighted by Crippen LogP contribution is 2.30. The molecule has 0 radical (unpaired) electrons. The molecule has 0 bridgehead atoms. The standard InChI is InChI=1S/C12H15BrN2S2/c1-8-7-17-5-4-15(8)11-6-9(13)2-3-10(11)12(14)16/h2-3,6,8H,4-5,7H2,1H3,(H2,14,16). The van der Waals surface area contributed by atoms with Crippen molar-refractivity contribution in [3.8, 4) is 0 Å². The molecule has 2 rings (SSSR count). The maximum Gasteiger partial charge on any atom is 0.106 e. The molecule has 1 saturated heterocycles. The summed E-state index contributed by atoms with van der Waals surface area (Å²) >= 11 is 10.6. The Hall–Kier alpha value is -0.260. The SMILES string of the molecule is CC1CSCCN1c1cc(Br)ccc1C(N)=S. The minimum atomic E-state index is 0.470. The molecule has 0 aliphatic carbocycles. The molecular formula is C12H15BrN2S2. The lowest BCUT2D eigenvalue weighted by molar-refractivity contribution is 0.699. The molecule has 5 heteroatoms. The second kappa shape index (κ2) is 5.59. The summed E-state index contributed by atoms with van der Waals surface area (Å²) in [5, 5.41) is 0. The van der Waals surface area contributed by atoms with Crippen molar-refractivity contribution in [2.24, 2.45) is 5.73 Å². The number of thiocarbonyl (C=S) groups is 1. The largest absolute Gasteiger partial charge is 0.389 e. The fourth-order valence-corrected chi connectivity index (χ4v) is 3.57. The van der Waals surface area contributed by atoms with Crippen LogP contribution in [0.4, 0.5) is 5.69 Å². The van der Waals surface area contributed by atoms with Gasteiger partial charge in [0, 0.05) is 39.8 Å². The zero-order valence-electron chi connectivity index (χ0n) is 9.65. The third kappa shape index (κ3) is 2.95. The molecule has 1 aliphatic rings. The first-order valence-electron chi connectivity index (χ1n) is 5.53. The van der Waals surface area contributed by atoms with Crippen molar-refractivity contribution < 1.29 is 0 Å². The van der Waals surface area contributed by atoms with E-state index in [0.29, 0.717) is 11.0 Å². The van der Waals surface area contributed by atoms with Crippen LogP contribution >= 0.6 is 39.9 Å². The summed E-state index contributed by atoms with van der Waals surface area (Å²) in [6.07, 6.45) is 0. The van der Waals surface area contributed by atoms with Gasteiger partial charge < -0.3 is 10.6 Å². The lowest BCUT2D eigenvalue weighted by Gasteiger charge is -2.36. The van der Waals surface area contributed by atoms with Gasteiger partial charge in [-0.15, -0.1) is 0 Å². The van der Waals surface area contributed by atoms with Crippen LogP contribution < -0.4 is 10.6 Å². The van der Waals surface area contributed by atoms with Crippen molar-refractivity contribution in [2.75, 3.05) is 23.0 Å². The number of nitrogens with zero attached hydrogens (tertiary/aromatic N) is 1. The number of halogens is 1. The zero-order valence-corrected chi connectivity index (χ0v) is 12.9. The van der Waals surface area contributed by atoms with Gasteiger partial charge in [-0.25, -0.2) is 0 Å². The van der Waals surface area contributed by atoms with E-state index < -0.39 is 0 Å². The molecule has 17 heavy (non-hydrogen) atoms. The van der Waals surface area contributed by atoms with Crippen LogP contribution in [0.25, 0.3) is 0 Å². The molecule has 0 saturated carbocycles. The predicted molar refractivity (Wildman–Crippen MR) is 84.2 cm³/mol. The van der Waals surface area contributed by atoms with Crippen LogP contribution in [0.1, 0.15) is 12.5 Å². The molecule has 2 nitrogen and oxygen atoms in total. The van der Waals surface area contributed by atoms with Gasteiger partial charge in [-0.1, -0.05) is 28.1 Å². The molecule has 0 spiro atoms. The van der Waals surface area contributed by atoms with Crippen LogP contribution in [0.5, 0.6) is 0 Å². The first kappa shape index (κ1) is 13.2. The predicted octanol–water partition coefficient (Wildman–Crippen LogP) is 3.03. The molecule has 1 atom stereocenters. The van der Waals surface area contributed by atoms with Crippen LogP contribution in [0.2, 0.25) is 0 Å². The number of thioether (sulfide) groups is 1. The first-order chi connectivity index (χ1) is 8.09. The minimum Gasteiger partial charge on any atom is -0.389 e. The quantitative estimate of drug-likeness (QED) is 0.844. The van der Waals surface area contributed by atoms with E-state index in [1.807, 2.05) is 23.9 Å². The van der Waals surface area contributed by atoms with E-state index >= 15 is 0 Å². The van der Waals surface area contributed by atoms with Crippen molar-refractivity contribution in [1.29, 1.82) is 0 Å². The number of anilines is 1. The van der Waals surface area contributed by atoms with E-state index in [1.54, 1.807) is 0 Å². The Morgan fingerprint density at radius 1 is 1.59 bits per heavy atom. The highest BCUT2D eigenvalue weighted by Gasteiger charge is 2.22. The maximum atomic E-state index is 5.80. The molecular weight excluding hydrogens is 316 g/mol. The van der Waals surface area contributed by atoms with Gasteiger partial charge in [-0.05, 0) is 25.1 Å². The van der Waals surface area contributed by atoms with E-state index in [1.165, 1.54) is 0 Å². The molecule has 1 aromatic rings. The van der Waals surface area contributed by atoms with Crippen LogP contribution in [0.15, 0.2) is 22.7 Å². The van der Waals surface area contributed by atoms with Crippen LogP contribution in [-0.4, -0.2) is 29.1 Å². The molecule has 1 aliphatic heterocycles. The Bertz CT molecular complexity index is 437. The third-order valence-corrected chi connectivity index (χ3v) is 4.80. The van der Waals surface area contributed by atoms with Crippen LogP contribution in [-0.2, 0) is 0 Å². The van der Waals surface area contributed by atoms with Crippen molar-refractivity contribution >= 4 is 50.6 Å². The number of nitrogens with two attached hydrogens (primary N) is 1. The number of hydrogen-bond acceptors (Lipinski definition) is 3. The van der Waals surface area contributed by atoms with E-state index in [0.717, 1.165) is 33.8 Å². The number of benzene rings is 1. The average Bonchev–Trinajstić information content (AvgIpc) is 2.29. The summed E-state index contributed by atoms with van der Waals surface area (Å²) in [5.74, 6) is 2.32. The fraction of sp³-hybridized carbons (Fsp3) is 0.417. The number of rotatable bonds is 2. The molecule has 0 amide bonds. The van der Waals surface area contributed by atoms with Crippen molar-refractivity contribution in [3.63, 3.8) is 0 Å². The van der Waals surface area contributed by atoms with Crippen molar-refractivity contribution in [1.82, 2.24) is 0 Å². The summed E-state index contributed by atoms with van der Waals surface area (Å²) in [5.41, 5.74) is 7.93. The van der Waals surface area contributed by atoms with Gasteiger partial charge in [0.1, 0.15) is 4.99 Å². The Labute approximate surface area is 120 Å². The van der Waals surface area contributed by atoms with Crippen molar-refractivity contribution in [2.45, 2.75) is 13.0 Å². The topological polar surface area (TPSA) is 29.3 Å². The van der Waals surface area contributed by atoms with Gasteiger partial charge >= 0.3 is 0 Å². The average molecular weight is 331 g/mol. The molecule has 1 fully saturated rings. The molecule has 92 valence electrons. The Morgan fingerprint density at radius 2 is 2.35 bits per heavy atom. The second-order valence-corrected chi connectivity index (χ2v) is 6.65. The second-order valence-electron chi connectivity index (χ2n) is 4.14. The fourth-order valence-electron chi connectivity index (χ4n) is 2.04. The molecule has 1 aromatic carbocycles. The first-order valence-corrected chi connectivity index (χ1v) is 7.89. The Balaban J connectivity index is 2.41. The summed E-state index contributed by atoms with van der Waals surface area (Å²) in [6, 6.07) is 6.62. The van der Waals surface area contributed by atoms with Gasteiger partial charge in [-0.2, -0.15) is 11.8 Å². The summed E-state index contributed by atoms with van der Waals surface area (Å²) in [7, 11) is 0. The zero-order chi connectivity index (χ0) is 12.4. The maximum absolute atomic E-state index is 5.80. The third-order valence-electron chi connectivity index (χ3n) is 2.90. The van der Waals surface area contributed by atoms with Gasteiger partial charge in [0.15, 0.2) is 0 Å². The van der Waals surface area contributed by atoms with Gasteiger partial charge in [0.05, 0.1) is 0 Å². The summed E-state index contributed by atoms with van der Waals surface area (Å²) in [4.78, 5) is 2.87. The van der Waals surface area contributed by atoms with Crippen molar-refractivity contribution in [3.05, 3.63) is 28.2 Å². The lowest BCUT2D eigenvalue weighted by Crippen LogP contribution is -2.41.